The highest BCUT2D eigenvalue weighted by Gasteiger charge is 2.15. The van der Waals surface area contributed by atoms with Crippen LogP contribution in [-0.4, -0.2) is 30.7 Å². The second kappa shape index (κ2) is 11.7. The molecule has 0 aromatic carbocycles. The van der Waals surface area contributed by atoms with Crippen molar-refractivity contribution in [3.63, 3.8) is 0 Å². The lowest BCUT2D eigenvalue weighted by Crippen LogP contribution is -2.32. The molecule has 0 fully saturated rings. The lowest BCUT2D eigenvalue weighted by atomic mass is 10.1. The van der Waals surface area contributed by atoms with E-state index in [0.29, 0.717) is 12.4 Å². The van der Waals surface area contributed by atoms with Gasteiger partial charge in [-0.25, -0.2) is 4.79 Å². The van der Waals surface area contributed by atoms with Gasteiger partial charge in [-0.15, -0.1) is 11.6 Å². The molecule has 0 saturated heterocycles. The minimum atomic E-state index is -0.424. The molecule has 0 atom stereocenters. The molecule has 0 rings (SSSR count). The van der Waals surface area contributed by atoms with Crippen molar-refractivity contribution in [2.45, 2.75) is 64.9 Å². The first-order valence-corrected chi connectivity index (χ1v) is 8.33. The monoisotopic (exact) mass is 318 g/mol. The molecule has 0 aliphatic heterocycles. The molecular weight excluding hydrogens is 288 g/mol. The van der Waals surface area contributed by atoms with Crippen LogP contribution >= 0.6 is 11.6 Å². The van der Waals surface area contributed by atoms with Crippen LogP contribution in [0, 0.1) is 0 Å². The van der Waals surface area contributed by atoms with Gasteiger partial charge in [0.25, 0.3) is 0 Å². The van der Waals surface area contributed by atoms with Crippen molar-refractivity contribution < 1.29 is 9.53 Å². The number of carbonyl (C=O) groups excluding carboxylic acids is 1. The van der Waals surface area contributed by atoms with Crippen LogP contribution in [0.25, 0.3) is 0 Å². The number of rotatable bonds is 11. The predicted octanol–water partition coefficient (Wildman–Crippen LogP) is 4.19. The molecule has 0 radical (unpaired) electrons. The second-order valence-electron chi connectivity index (χ2n) is 6.21. The van der Waals surface area contributed by atoms with Gasteiger partial charge in [-0.3, -0.25) is 0 Å². The number of allylic oxidation sites excluding steroid dienone is 1. The van der Waals surface area contributed by atoms with E-state index in [1.54, 1.807) is 0 Å². The second-order valence-corrected chi connectivity index (χ2v) is 6.48. The van der Waals surface area contributed by atoms with E-state index in [2.05, 4.69) is 17.2 Å². The Morgan fingerprint density at radius 3 is 1.95 bits per heavy atom. The van der Waals surface area contributed by atoms with Gasteiger partial charge in [0.15, 0.2) is 0 Å². The molecular formula is C16H31ClN2O2. The van der Waals surface area contributed by atoms with E-state index < -0.39 is 5.60 Å². The van der Waals surface area contributed by atoms with Gasteiger partial charge in [0.2, 0.25) is 0 Å². The van der Waals surface area contributed by atoms with Crippen LogP contribution in [0.4, 0.5) is 4.79 Å². The van der Waals surface area contributed by atoms with Gasteiger partial charge < -0.3 is 15.4 Å². The van der Waals surface area contributed by atoms with E-state index in [9.17, 15) is 4.79 Å². The van der Waals surface area contributed by atoms with E-state index in [1.165, 1.54) is 19.3 Å². The molecule has 0 unspecified atom stereocenters. The van der Waals surface area contributed by atoms with Crippen LogP contribution in [-0.2, 0) is 4.74 Å². The van der Waals surface area contributed by atoms with Crippen molar-refractivity contribution in [1.29, 1.82) is 0 Å². The maximum atomic E-state index is 11.4. The third-order valence-corrected chi connectivity index (χ3v) is 3.13. The molecule has 0 aromatic heterocycles. The normalized spacial score (nSPS) is 11.0. The maximum absolute atomic E-state index is 11.4. The fourth-order valence-electron chi connectivity index (χ4n) is 1.77. The van der Waals surface area contributed by atoms with Crippen molar-refractivity contribution in [3.05, 3.63) is 12.3 Å². The summed E-state index contributed by atoms with van der Waals surface area (Å²) in [6.07, 6.45) is 6.59. The van der Waals surface area contributed by atoms with Crippen LogP contribution < -0.4 is 10.6 Å². The Morgan fingerprint density at radius 1 is 1.00 bits per heavy atom. The third kappa shape index (κ3) is 15.3. The summed E-state index contributed by atoms with van der Waals surface area (Å²) in [6.45, 7) is 11.0. The fourth-order valence-corrected chi connectivity index (χ4v) is 1.87. The van der Waals surface area contributed by atoms with Crippen LogP contribution in [0.5, 0.6) is 0 Å². The van der Waals surface area contributed by atoms with Crippen LogP contribution in [0.1, 0.15) is 59.3 Å². The highest BCUT2D eigenvalue weighted by Crippen LogP contribution is 2.07. The number of unbranched alkanes of at least 4 members (excludes halogenated alkanes) is 5. The van der Waals surface area contributed by atoms with E-state index >= 15 is 0 Å². The number of halogens is 1. The number of amides is 1. The summed E-state index contributed by atoms with van der Waals surface area (Å²) in [7, 11) is 0. The zero-order valence-corrected chi connectivity index (χ0v) is 14.5. The first-order chi connectivity index (χ1) is 9.85. The van der Waals surface area contributed by atoms with Gasteiger partial charge in [0.1, 0.15) is 5.60 Å². The fraction of sp³-hybridized carbons (Fsp3) is 0.812. The molecule has 0 aromatic rings. The highest BCUT2D eigenvalue weighted by molar-refractivity contribution is 6.19. The van der Waals surface area contributed by atoms with E-state index in [1.807, 2.05) is 20.8 Å². The zero-order chi connectivity index (χ0) is 16.1. The first kappa shape index (κ1) is 20.1. The summed E-state index contributed by atoms with van der Waals surface area (Å²) in [6, 6.07) is 0. The molecule has 2 N–H and O–H groups in total. The summed E-state index contributed by atoms with van der Waals surface area (Å²) < 4.78 is 5.16. The number of alkyl halides is 1. The van der Waals surface area contributed by atoms with E-state index in [-0.39, 0.29) is 6.09 Å². The Hall–Kier alpha value is -0.900. The largest absolute Gasteiger partial charge is 0.444 e. The van der Waals surface area contributed by atoms with Crippen molar-refractivity contribution in [3.8, 4) is 0 Å². The van der Waals surface area contributed by atoms with Crippen molar-refractivity contribution in [2.75, 3.05) is 19.0 Å². The summed E-state index contributed by atoms with van der Waals surface area (Å²) in [5, 5.41) is 5.96. The maximum Gasteiger partial charge on any atom is 0.407 e. The topological polar surface area (TPSA) is 50.4 Å². The Morgan fingerprint density at radius 2 is 1.48 bits per heavy atom. The lowest BCUT2D eigenvalue weighted by molar-refractivity contribution is 0.0527. The average molecular weight is 319 g/mol. The number of ether oxygens (including phenoxy) is 1. The van der Waals surface area contributed by atoms with Crippen LogP contribution in [0.15, 0.2) is 12.3 Å². The Balaban J connectivity index is 3.26. The lowest BCUT2D eigenvalue weighted by Gasteiger charge is -2.19. The number of hydrogen-bond donors (Lipinski definition) is 2. The number of carbonyl (C=O) groups is 1. The minimum Gasteiger partial charge on any atom is -0.444 e. The van der Waals surface area contributed by atoms with Crippen molar-refractivity contribution >= 4 is 17.7 Å². The molecule has 0 heterocycles. The van der Waals surface area contributed by atoms with Gasteiger partial charge >= 0.3 is 6.09 Å². The molecule has 0 spiro atoms. The molecule has 5 heteroatoms. The quantitative estimate of drug-likeness (QED) is 0.443. The van der Waals surface area contributed by atoms with Crippen LogP contribution in [0.2, 0.25) is 0 Å². The highest BCUT2D eigenvalue weighted by atomic mass is 35.5. The van der Waals surface area contributed by atoms with Crippen molar-refractivity contribution in [1.82, 2.24) is 10.6 Å². The summed E-state index contributed by atoms with van der Waals surface area (Å²) in [5.41, 5.74) is 0.470. The molecule has 0 aliphatic carbocycles. The predicted molar refractivity (Wildman–Crippen MR) is 89.8 cm³/mol. The summed E-state index contributed by atoms with van der Waals surface area (Å²) in [4.78, 5) is 11.4. The SMILES string of the molecule is C=C(CCl)NCCCCCCCCNC(=O)OC(C)(C)C. The Labute approximate surface area is 134 Å². The van der Waals surface area contributed by atoms with Gasteiger partial charge in [0.05, 0.1) is 5.88 Å². The van der Waals surface area contributed by atoms with Gasteiger partial charge in [-0.2, -0.15) is 0 Å². The Bertz CT molecular complexity index is 301. The van der Waals surface area contributed by atoms with Gasteiger partial charge in [-0.1, -0.05) is 32.3 Å². The molecule has 4 nitrogen and oxygen atoms in total. The molecule has 21 heavy (non-hydrogen) atoms. The van der Waals surface area contributed by atoms with E-state index in [4.69, 9.17) is 16.3 Å². The summed E-state index contributed by atoms with van der Waals surface area (Å²) in [5.74, 6) is 0.477. The smallest absolute Gasteiger partial charge is 0.407 e. The molecule has 0 saturated carbocycles. The molecule has 0 bridgehead atoms. The molecule has 1 amide bonds. The molecule has 124 valence electrons. The average Bonchev–Trinajstić information content (AvgIpc) is 2.38. The minimum absolute atomic E-state index is 0.326. The van der Waals surface area contributed by atoms with Crippen molar-refractivity contribution in [2.24, 2.45) is 0 Å². The summed E-state index contributed by atoms with van der Waals surface area (Å²) >= 11 is 5.62. The number of hydrogen-bond acceptors (Lipinski definition) is 3. The third-order valence-electron chi connectivity index (χ3n) is 2.81. The number of alkyl carbamates (subject to hydrolysis) is 1. The van der Waals surface area contributed by atoms with Crippen LogP contribution in [0.3, 0.4) is 0 Å². The van der Waals surface area contributed by atoms with Gasteiger partial charge in [-0.05, 0) is 33.6 Å². The first-order valence-electron chi connectivity index (χ1n) is 7.79. The standard InChI is InChI=1S/C16H31ClN2O2/c1-14(13-17)18-11-9-7-5-6-8-10-12-19-15(20)21-16(2,3)4/h18H,1,5-13H2,2-4H3,(H,19,20). The Kier molecular flexibility index (Phi) is 11.2. The van der Waals surface area contributed by atoms with Gasteiger partial charge in [0, 0.05) is 18.8 Å². The zero-order valence-electron chi connectivity index (χ0n) is 13.8. The number of nitrogens with one attached hydrogen (secondary N) is 2. The van der Waals surface area contributed by atoms with E-state index in [0.717, 1.165) is 31.5 Å². The molecule has 0 aliphatic rings.